The van der Waals surface area contributed by atoms with E-state index in [1.165, 1.54) is 6.42 Å². The Morgan fingerprint density at radius 2 is 2.38 bits per heavy atom. The summed E-state index contributed by atoms with van der Waals surface area (Å²) in [6.45, 7) is 5.69. The fourth-order valence-corrected chi connectivity index (χ4v) is 1.68. The first kappa shape index (κ1) is 8.60. The number of imidazole rings is 1. The Morgan fingerprint density at radius 1 is 1.69 bits per heavy atom. The van der Waals surface area contributed by atoms with Crippen LogP contribution < -0.4 is 5.32 Å². The van der Waals surface area contributed by atoms with Gasteiger partial charge in [0.1, 0.15) is 0 Å². The normalized spacial score (nSPS) is 24.4. The van der Waals surface area contributed by atoms with Crippen molar-refractivity contribution in [2.24, 2.45) is 18.4 Å². The third kappa shape index (κ3) is 1.69. The largest absolute Gasteiger partial charge is 0.355 e. The molecule has 1 N–H and O–H groups in total. The Labute approximate surface area is 79.2 Å². The molecule has 0 aromatic carbocycles. The standard InChI is InChI=1S/C10H17N3/c1-10(2)6-8(10)7-12-9-11-4-5-13(9)3/h4-5,8H,6-7H2,1-3H3,(H,11,12). The lowest BCUT2D eigenvalue weighted by Gasteiger charge is -2.06. The van der Waals surface area contributed by atoms with Gasteiger partial charge in [0, 0.05) is 26.0 Å². The van der Waals surface area contributed by atoms with E-state index in [1.807, 2.05) is 24.0 Å². The summed E-state index contributed by atoms with van der Waals surface area (Å²) in [5, 5.41) is 3.36. The second-order valence-electron chi connectivity index (χ2n) is 4.63. The van der Waals surface area contributed by atoms with Crippen LogP contribution in [0.25, 0.3) is 0 Å². The molecule has 3 nitrogen and oxygen atoms in total. The van der Waals surface area contributed by atoms with Crippen LogP contribution in [-0.4, -0.2) is 16.1 Å². The van der Waals surface area contributed by atoms with Gasteiger partial charge in [-0.15, -0.1) is 0 Å². The third-order valence-corrected chi connectivity index (χ3v) is 3.05. The van der Waals surface area contributed by atoms with Crippen LogP contribution in [0, 0.1) is 11.3 Å². The van der Waals surface area contributed by atoms with Crippen LogP contribution in [0.15, 0.2) is 12.4 Å². The predicted molar refractivity (Wildman–Crippen MR) is 53.6 cm³/mol. The maximum absolute atomic E-state index is 4.22. The van der Waals surface area contributed by atoms with Gasteiger partial charge in [0.2, 0.25) is 5.95 Å². The lowest BCUT2D eigenvalue weighted by atomic mass is 10.1. The molecule has 1 saturated carbocycles. The van der Waals surface area contributed by atoms with Crippen molar-refractivity contribution in [3.8, 4) is 0 Å². The van der Waals surface area contributed by atoms with Gasteiger partial charge in [-0.2, -0.15) is 0 Å². The van der Waals surface area contributed by atoms with Crippen molar-refractivity contribution < 1.29 is 0 Å². The van der Waals surface area contributed by atoms with E-state index < -0.39 is 0 Å². The van der Waals surface area contributed by atoms with E-state index in [2.05, 4.69) is 24.1 Å². The molecule has 72 valence electrons. The highest BCUT2D eigenvalue weighted by molar-refractivity contribution is 5.26. The number of nitrogens with one attached hydrogen (secondary N) is 1. The Morgan fingerprint density at radius 3 is 2.85 bits per heavy atom. The van der Waals surface area contributed by atoms with Crippen molar-refractivity contribution in [1.82, 2.24) is 9.55 Å². The molecule has 1 fully saturated rings. The lowest BCUT2D eigenvalue weighted by Crippen LogP contribution is -2.10. The first-order chi connectivity index (χ1) is 6.09. The van der Waals surface area contributed by atoms with E-state index in [4.69, 9.17) is 0 Å². The molecule has 1 unspecified atom stereocenters. The highest BCUT2D eigenvalue weighted by Crippen LogP contribution is 2.51. The van der Waals surface area contributed by atoms with E-state index >= 15 is 0 Å². The number of hydrogen-bond donors (Lipinski definition) is 1. The van der Waals surface area contributed by atoms with E-state index in [-0.39, 0.29) is 0 Å². The van der Waals surface area contributed by atoms with E-state index in [9.17, 15) is 0 Å². The van der Waals surface area contributed by atoms with Crippen LogP contribution in [0.3, 0.4) is 0 Å². The van der Waals surface area contributed by atoms with Gasteiger partial charge in [0.25, 0.3) is 0 Å². The molecule has 1 aliphatic rings. The smallest absolute Gasteiger partial charge is 0.202 e. The fraction of sp³-hybridized carbons (Fsp3) is 0.700. The zero-order valence-electron chi connectivity index (χ0n) is 8.54. The number of nitrogens with zero attached hydrogens (tertiary/aromatic N) is 2. The molecular formula is C10H17N3. The third-order valence-electron chi connectivity index (χ3n) is 3.05. The summed E-state index contributed by atoms with van der Waals surface area (Å²) < 4.78 is 2.01. The minimum absolute atomic E-state index is 0.554. The monoisotopic (exact) mass is 179 g/mol. The number of anilines is 1. The van der Waals surface area contributed by atoms with E-state index in [0.29, 0.717) is 5.41 Å². The summed E-state index contributed by atoms with van der Waals surface area (Å²) in [7, 11) is 2.01. The molecule has 0 spiro atoms. The van der Waals surface area contributed by atoms with Gasteiger partial charge in [0.05, 0.1) is 0 Å². The second-order valence-corrected chi connectivity index (χ2v) is 4.63. The summed E-state index contributed by atoms with van der Waals surface area (Å²) >= 11 is 0. The molecule has 0 radical (unpaired) electrons. The molecular weight excluding hydrogens is 162 g/mol. The quantitative estimate of drug-likeness (QED) is 0.767. The van der Waals surface area contributed by atoms with E-state index in [1.54, 1.807) is 0 Å². The molecule has 13 heavy (non-hydrogen) atoms. The molecule has 0 saturated heterocycles. The Kier molecular flexibility index (Phi) is 1.82. The lowest BCUT2D eigenvalue weighted by molar-refractivity contribution is 0.571. The van der Waals surface area contributed by atoms with Crippen molar-refractivity contribution in [3.63, 3.8) is 0 Å². The topological polar surface area (TPSA) is 29.9 Å². The highest BCUT2D eigenvalue weighted by atomic mass is 15.2. The molecule has 1 aliphatic carbocycles. The van der Waals surface area contributed by atoms with Gasteiger partial charge in [-0.25, -0.2) is 4.98 Å². The van der Waals surface area contributed by atoms with Crippen molar-refractivity contribution in [1.29, 1.82) is 0 Å². The fourth-order valence-electron chi connectivity index (χ4n) is 1.68. The SMILES string of the molecule is Cn1ccnc1NCC1CC1(C)C. The van der Waals surface area contributed by atoms with Crippen LogP contribution in [0.5, 0.6) is 0 Å². The van der Waals surface area contributed by atoms with Gasteiger partial charge in [0.15, 0.2) is 0 Å². The summed E-state index contributed by atoms with van der Waals surface area (Å²) in [5.41, 5.74) is 0.554. The Balaban J connectivity index is 1.85. The molecule has 1 aromatic heterocycles. The zero-order chi connectivity index (χ0) is 9.47. The first-order valence-electron chi connectivity index (χ1n) is 4.81. The number of aryl methyl sites for hydroxylation is 1. The Bertz CT molecular complexity index is 301. The molecule has 0 bridgehead atoms. The first-order valence-corrected chi connectivity index (χ1v) is 4.81. The van der Waals surface area contributed by atoms with Gasteiger partial charge >= 0.3 is 0 Å². The number of rotatable bonds is 3. The number of hydrogen-bond acceptors (Lipinski definition) is 2. The average molecular weight is 179 g/mol. The van der Waals surface area contributed by atoms with Gasteiger partial charge in [-0.05, 0) is 17.8 Å². The average Bonchev–Trinajstić information content (AvgIpc) is 2.47. The number of aromatic nitrogens is 2. The molecule has 0 aliphatic heterocycles. The van der Waals surface area contributed by atoms with Crippen LogP contribution >= 0.6 is 0 Å². The molecule has 0 amide bonds. The van der Waals surface area contributed by atoms with Crippen molar-refractivity contribution in [2.75, 3.05) is 11.9 Å². The maximum atomic E-state index is 4.22. The van der Waals surface area contributed by atoms with Crippen molar-refractivity contribution in [2.45, 2.75) is 20.3 Å². The summed E-state index contributed by atoms with van der Waals surface area (Å²) in [6.07, 6.45) is 5.12. The summed E-state index contributed by atoms with van der Waals surface area (Å²) in [5.74, 6) is 1.80. The van der Waals surface area contributed by atoms with Gasteiger partial charge in [-0.1, -0.05) is 13.8 Å². The second kappa shape index (κ2) is 2.76. The highest BCUT2D eigenvalue weighted by Gasteiger charge is 2.45. The molecule has 1 aromatic rings. The van der Waals surface area contributed by atoms with Gasteiger partial charge in [-0.3, -0.25) is 0 Å². The van der Waals surface area contributed by atoms with Crippen LogP contribution in [0.1, 0.15) is 20.3 Å². The predicted octanol–water partition coefficient (Wildman–Crippen LogP) is 1.88. The summed E-state index contributed by atoms with van der Waals surface area (Å²) in [4.78, 5) is 4.22. The van der Waals surface area contributed by atoms with Crippen LogP contribution in [0.4, 0.5) is 5.95 Å². The van der Waals surface area contributed by atoms with Crippen LogP contribution in [0.2, 0.25) is 0 Å². The molecule has 1 atom stereocenters. The zero-order valence-corrected chi connectivity index (χ0v) is 8.54. The van der Waals surface area contributed by atoms with Crippen LogP contribution in [-0.2, 0) is 7.05 Å². The maximum Gasteiger partial charge on any atom is 0.202 e. The summed E-state index contributed by atoms with van der Waals surface area (Å²) in [6, 6.07) is 0. The van der Waals surface area contributed by atoms with E-state index in [0.717, 1.165) is 18.4 Å². The Hall–Kier alpha value is -0.990. The molecule has 1 heterocycles. The van der Waals surface area contributed by atoms with Crippen molar-refractivity contribution in [3.05, 3.63) is 12.4 Å². The van der Waals surface area contributed by atoms with Crippen molar-refractivity contribution >= 4 is 5.95 Å². The molecule has 2 rings (SSSR count). The minimum Gasteiger partial charge on any atom is -0.355 e. The minimum atomic E-state index is 0.554. The molecule has 3 heteroatoms. The van der Waals surface area contributed by atoms with Gasteiger partial charge < -0.3 is 9.88 Å².